The average Bonchev–Trinajstić information content (AvgIpc) is 2.75. The van der Waals surface area contributed by atoms with Gasteiger partial charge in [-0.1, -0.05) is 55.4 Å². The molecule has 1 unspecified atom stereocenters. The van der Waals surface area contributed by atoms with Crippen LogP contribution in [0.25, 0.3) is 0 Å². The van der Waals surface area contributed by atoms with Gasteiger partial charge in [-0.15, -0.1) is 0 Å². The minimum absolute atomic E-state index is 0.127. The van der Waals surface area contributed by atoms with E-state index in [0.29, 0.717) is 17.3 Å². The maximum atomic E-state index is 13.1. The molecule has 0 bridgehead atoms. The normalized spacial score (nSPS) is 31.3. The molecule has 1 saturated carbocycles. The Morgan fingerprint density at radius 3 is 1.95 bits per heavy atom. The van der Waals surface area contributed by atoms with Gasteiger partial charge in [-0.25, -0.2) is 0 Å². The lowest BCUT2D eigenvalue weighted by molar-refractivity contribution is -0.147. The van der Waals surface area contributed by atoms with E-state index < -0.39 is 10.8 Å². The molecule has 0 radical (unpaired) electrons. The van der Waals surface area contributed by atoms with Crippen molar-refractivity contribution in [3.05, 3.63) is 0 Å². The van der Waals surface area contributed by atoms with Gasteiger partial charge in [0.1, 0.15) is 0 Å². The first-order valence-corrected chi connectivity index (χ1v) is 8.59. The summed E-state index contributed by atoms with van der Waals surface area (Å²) in [5.41, 5.74) is -0.532. The Bertz CT molecular complexity index is 479. The highest BCUT2D eigenvalue weighted by molar-refractivity contribution is 5.94. The zero-order chi connectivity index (χ0) is 17.1. The van der Waals surface area contributed by atoms with Crippen LogP contribution in [0.1, 0.15) is 68.2 Å². The van der Waals surface area contributed by atoms with E-state index in [1.165, 1.54) is 0 Å². The van der Waals surface area contributed by atoms with Crippen molar-refractivity contribution >= 4 is 11.7 Å². The molecule has 2 rings (SSSR count). The minimum atomic E-state index is -0.426. The van der Waals surface area contributed by atoms with Gasteiger partial charge in [0.25, 0.3) is 0 Å². The van der Waals surface area contributed by atoms with Crippen LogP contribution in [0.5, 0.6) is 0 Å². The summed E-state index contributed by atoms with van der Waals surface area (Å²) < 4.78 is 0. The fraction of sp³-hybridized carbons (Fsp3) is 0.895. The van der Waals surface area contributed by atoms with Gasteiger partial charge >= 0.3 is 0 Å². The third-order valence-electron chi connectivity index (χ3n) is 5.29. The van der Waals surface area contributed by atoms with Crippen LogP contribution in [0.15, 0.2) is 0 Å². The molecule has 0 N–H and O–H groups in total. The molecule has 1 saturated heterocycles. The first kappa shape index (κ1) is 17.5. The molecule has 0 aromatic heterocycles. The van der Waals surface area contributed by atoms with E-state index in [1.54, 1.807) is 0 Å². The van der Waals surface area contributed by atoms with Crippen LogP contribution >= 0.6 is 0 Å². The molecule has 0 aromatic rings. The molecule has 1 heterocycles. The summed E-state index contributed by atoms with van der Waals surface area (Å²) in [6, 6.07) is -0.224. The summed E-state index contributed by atoms with van der Waals surface area (Å²) in [6.07, 6.45) is 2.18. The Hall–Kier alpha value is -0.860. The molecule has 0 spiro atoms. The summed E-state index contributed by atoms with van der Waals surface area (Å²) in [4.78, 5) is 27.9. The topological polar surface area (TPSA) is 37.4 Å². The number of hydrogen-bond donors (Lipinski definition) is 0. The maximum Gasteiger partial charge on any atom is 0.228 e. The Morgan fingerprint density at radius 2 is 1.50 bits per heavy atom. The van der Waals surface area contributed by atoms with E-state index in [2.05, 4.69) is 13.8 Å². The predicted molar refractivity (Wildman–Crippen MR) is 89.4 cm³/mol. The van der Waals surface area contributed by atoms with Crippen LogP contribution < -0.4 is 0 Å². The molecule has 3 atom stereocenters. The van der Waals surface area contributed by atoms with Crippen molar-refractivity contribution in [2.24, 2.45) is 28.1 Å². The number of nitrogens with zero attached hydrogens (tertiary/aromatic N) is 1. The van der Waals surface area contributed by atoms with Crippen molar-refractivity contribution in [3.8, 4) is 0 Å². The molecule has 2 fully saturated rings. The van der Waals surface area contributed by atoms with Gasteiger partial charge in [0.2, 0.25) is 5.91 Å². The summed E-state index contributed by atoms with van der Waals surface area (Å²) in [5.74, 6) is 1.18. The third kappa shape index (κ3) is 3.09. The zero-order valence-corrected chi connectivity index (χ0v) is 15.6. The standard InChI is InChI=1S/C19H33NO2/c1-17(2,3)15(21)14-13-10-19(7,8)9-12(13)11-20(14)16(22)18(4,5)6/h12-14H,9-11H2,1-8H3/t12-,13-,14?/m0/s1. The number of fused-ring (bicyclic) bond motifs is 1. The largest absolute Gasteiger partial charge is 0.332 e. The van der Waals surface area contributed by atoms with Crippen LogP contribution in [0.4, 0.5) is 0 Å². The summed E-state index contributed by atoms with van der Waals surface area (Å²) in [5, 5.41) is 0. The van der Waals surface area contributed by atoms with E-state index in [9.17, 15) is 9.59 Å². The number of Topliss-reactive ketones (excluding diaryl/α,β-unsaturated/α-hetero) is 1. The highest BCUT2D eigenvalue weighted by Gasteiger charge is 2.55. The first-order chi connectivity index (χ1) is 9.74. The van der Waals surface area contributed by atoms with Crippen LogP contribution in [-0.4, -0.2) is 29.2 Å². The molecule has 0 aromatic carbocycles. The van der Waals surface area contributed by atoms with Gasteiger partial charge < -0.3 is 4.90 Å². The number of likely N-dealkylation sites (tertiary alicyclic amines) is 1. The number of rotatable bonds is 1. The zero-order valence-electron chi connectivity index (χ0n) is 15.6. The van der Waals surface area contributed by atoms with Crippen LogP contribution in [0, 0.1) is 28.1 Å². The summed E-state index contributed by atoms with van der Waals surface area (Å²) >= 11 is 0. The molecular formula is C19H33NO2. The Balaban J connectivity index is 2.36. The van der Waals surface area contributed by atoms with Gasteiger partial charge in [-0.2, -0.15) is 0 Å². The summed E-state index contributed by atoms with van der Waals surface area (Å²) in [6.45, 7) is 17.1. The molecular weight excluding hydrogens is 274 g/mol. The van der Waals surface area contributed by atoms with Crippen LogP contribution in [0.3, 0.4) is 0 Å². The average molecular weight is 307 g/mol. The minimum Gasteiger partial charge on any atom is -0.332 e. The SMILES string of the molecule is CC1(C)C[C@H]2CN(C(=O)C(C)(C)C)C(C(=O)C(C)(C)C)[C@H]2C1. The Kier molecular flexibility index (Phi) is 4.03. The van der Waals surface area contributed by atoms with Crippen LogP contribution in [0.2, 0.25) is 0 Å². The van der Waals surface area contributed by atoms with E-state index in [1.807, 2.05) is 46.4 Å². The second kappa shape index (κ2) is 5.07. The maximum absolute atomic E-state index is 13.1. The fourth-order valence-corrected chi connectivity index (χ4v) is 4.34. The van der Waals surface area contributed by atoms with Gasteiger partial charge in [0, 0.05) is 17.4 Å². The van der Waals surface area contributed by atoms with Crippen molar-refractivity contribution in [3.63, 3.8) is 0 Å². The van der Waals surface area contributed by atoms with E-state index >= 15 is 0 Å². The number of amides is 1. The van der Waals surface area contributed by atoms with Crippen molar-refractivity contribution in [1.82, 2.24) is 4.90 Å². The molecule has 2 aliphatic rings. The lowest BCUT2D eigenvalue weighted by Crippen LogP contribution is -2.51. The highest BCUT2D eigenvalue weighted by atomic mass is 16.2. The summed E-state index contributed by atoms with van der Waals surface area (Å²) in [7, 11) is 0. The number of ketones is 1. The molecule has 3 heteroatoms. The van der Waals surface area contributed by atoms with Crippen molar-refractivity contribution in [2.45, 2.75) is 74.3 Å². The lowest BCUT2D eigenvalue weighted by Gasteiger charge is -2.36. The second-order valence-corrected chi connectivity index (χ2v) is 10.3. The van der Waals surface area contributed by atoms with Gasteiger partial charge in [0.15, 0.2) is 5.78 Å². The van der Waals surface area contributed by atoms with Crippen molar-refractivity contribution in [1.29, 1.82) is 0 Å². The van der Waals surface area contributed by atoms with E-state index in [0.717, 1.165) is 19.4 Å². The monoisotopic (exact) mass is 307 g/mol. The lowest BCUT2D eigenvalue weighted by atomic mass is 9.79. The van der Waals surface area contributed by atoms with Gasteiger partial charge in [-0.3, -0.25) is 9.59 Å². The number of carbonyl (C=O) groups excluding carboxylic acids is 2. The molecule has 126 valence electrons. The quantitative estimate of drug-likeness (QED) is 0.736. The molecule has 1 amide bonds. The highest BCUT2D eigenvalue weighted by Crippen LogP contribution is 2.52. The van der Waals surface area contributed by atoms with E-state index in [4.69, 9.17) is 0 Å². The smallest absolute Gasteiger partial charge is 0.228 e. The molecule has 1 aliphatic heterocycles. The van der Waals surface area contributed by atoms with Crippen LogP contribution in [-0.2, 0) is 9.59 Å². The molecule has 1 aliphatic carbocycles. The molecule has 22 heavy (non-hydrogen) atoms. The molecule has 3 nitrogen and oxygen atoms in total. The van der Waals surface area contributed by atoms with Crippen molar-refractivity contribution < 1.29 is 9.59 Å². The van der Waals surface area contributed by atoms with Gasteiger partial charge in [0.05, 0.1) is 6.04 Å². The third-order valence-corrected chi connectivity index (χ3v) is 5.29. The first-order valence-electron chi connectivity index (χ1n) is 8.59. The predicted octanol–water partition coefficient (Wildman–Crippen LogP) is 3.91. The van der Waals surface area contributed by atoms with E-state index in [-0.39, 0.29) is 17.7 Å². The second-order valence-electron chi connectivity index (χ2n) is 10.3. The van der Waals surface area contributed by atoms with Crippen molar-refractivity contribution in [2.75, 3.05) is 6.54 Å². The fourth-order valence-electron chi connectivity index (χ4n) is 4.34. The number of carbonyl (C=O) groups is 2. The number of hydrogen-bond acceptors (Lipinski definition) is 2. The van der Waals surface area contributed by atoms with Gasteiger partial charge in [-0.05, 0) is 30.1 Å². The Labute approximate surface area is 135 Å². The Morgan fingerprint density at radius 1 is 0.955 bits per heavy atom.